The number of carbonyl (C=O) groups excluding carboxylic acids is 1. The van der Waals surface area contributed by atoms with Crippen LogP contribution in [0.5, 0.6) is 28.7 Å². The van der Waals surface area contributed by atoms with E-state index in [1.54, 1.807) is 24.3 Å². The van der Waals surface area contributed by atoms with E-state index in [9.17, 15) is 14.7 Å². The highest BCUT2D eigenvalue weighted by atomic mass is 35.5. The number of fused-ring (bicyclic) bond motifs is 1. The summed E-state index contributed by atoms with van der Waals surface area (Å²) < 4.78 is 23.2. The fourth-order valence-electron chi connectivity index (χ4n) is 4.07. The summed E-state index contributed by atoms with van der Waals surface area (Å²) in [6.07, 6.45) is 1.16. The van der Waals surface area contributed by atoms with Gasteiger partial charge >= 0.3 is 5.97 Å². The predicted octanol–water partition coefficient (Wildman–Crippen LogP) is 4.40. The van der Waals surface area contributed by atoms with Crippen molar-refractivity contribution in [1.82, 2.24) is 0 Å². The molecule has 184 valence electrons. The molecule has 34 heavy (non-hydrogen) atoms. The Labute approximate surface area is 203 Å². The number of carboxylic acids is 1. The van der Waals surface area contributed by atoms with Crippen LogP contribution < -0.4 is 18.9 Å². The molecule has 1 aliphatic heterocycles. The van der Waals surface area contributed by atoms with Crippen molar-refractivity contribution in [3.05, 3.63) is 41.0 Å². The third kappa shape index (κ3) is 4.87. The van der Waals surface area contributed by atoms with Crippen LogP contribution in [0.25, 0.3) is 0 Å². The van der Waals surface area contributed by atoms with Gasteiger partial charge in [-0.25, -0.2) is 0 Å². The molecular weight excluding hydrogens is 464 g/mol. The lowest BCUT2D eigenvalue weighted by Gasteiger charge is -2.38. The number of phenols is 1. The van der Waals surface area contributed by atoms with Gasteiger partial charge in [-0.1, -0.05) is 26.0 Å². The number of carbonyl (C=O) groups is 2. The van der Waals surface area contributed by atoms with E-state index in [0.717, 1.165) is 5.56 Å². The number of ketones is 1. The fourth-order valence-corrected chi connectivity index (χ4v) is 4.25. The van der Waals surface area contributed by atoms with E-state index in [0.29, 0.717) is 29.7 Å². The van der Waals surface area contributed by atoms with Crippen LogP contribution in [-0.2, 0) is 17.6 Å². The van der Waals surface area contributed by atoms with Crippen LogP contribution in [0.2, 0.25) is 0 Å². The maximum Gasteiger partial charge on any atom is 0.321 e. The lowest BCUT2D eigenvalue weighted by molar-refractivity contribution is -0.136. The molecule has 0 fully saturated rings. The standard InChI is InChI=1S/C25H29ClO8/c1-5-16-19-18(27)12-25(6-2,34-21(19)23(32-4)22(31-3)20(16)28)13-33-15-9-7-14(8-10-15)11-17(26)24(29)30/h7-10,17,28H,5-6,11-13H2,1-4H3,(H,29,30). The smallest absolute Gasteiger partial charge is 0.321 e. The third-order valence-electron chi connectivity index (χ3n) is 6.04. The van der Waals surface area contributed by atoms with Crippen LogP contribution in [0, 0.1) is 0 Å². The minimum absolute atomic E-state index is 0.0725. The molecule has 8 nitrogen and oxygen atoms in total. The monoisotopic (exact) mass is 492 g/mol. The van der Waals surface area contributed by atoms with Crippen LogP contribution in [0.1, 0.15) is 48.2 Å². The molecule has 2 aromatic rings. The molecule has 0 aromatic heterocycles. The SMILES string of the molecule is CCc1c(O)c(OC)c(OC)c2c1C(=O)CC(CC)(COc1ccc(CC(Cl)C(=O)O)cc1)O2. The summed E-state index contributed by atoms with van der Waals surface area (Å²) in [4.78, 5) is 24.2. The first-order valence-electron chi connectivity index (χ1n) is 11.0. The summed E-state index contributed by atoms with van der Waals surface area (Å²) in [5, 5.41) is 18.6. The number of hydrogen-bond acceptors (Lipinski definition) is 7. The Bertz CT molecular complexity index is 1070. The number of alkyl halides is 1. The molecule has 0 aliphatic carbocycles. The van der Waals surface area contributed by atoms with Gasteiger partial charge in [-0.15, -0.1) is 11.6 Å². The molecule has 2 aromatic carbocycles. The first kappa shape index (κ1) is 25.5. The van der Waals surface area contributed by atoms with Gasteiger partial charge in [-0.3, -0.25) is 9.59 Å². The molecule has 0 radical (unpaired) electrons. The quantitative estimate of drug-likeness (QED) is 0.469. The van der Waals surface area contributed by atoms with E-state index in [1.807, 2.05) is 13.8 Å². The summed E-state index contributed by atoms with van der Waals surface area (Å²) in [6.45, 7) is 3.84. The molecule has 2 N–H and O–H groups in total. The van der Waals surface area contributed by atoms with Crippen LogP contribution in [0.3, 0.4) is 0 Å². The van der Waals surface area contributed by atoms with E-state index in [1.165, 1.54) is 14.2 Å². The van der Waals surface area contributed by atoms with Gasteiger partial charge < -0.3 is 29.2 Å². The number of aromatic hydroxyl groups is 1. The maximum atomic E-state index is 13.3. The first-order valence-corrected chi connectivity index (χ1v) is 11.4. The third-order valence-corrected chi connectivity index (χ3v) is 6.38. The topological polar surface area (TPSA) is 112 Å². The normalized spacial score (nSPS) is 18.0. The number of aliphatic carboxylic acids is 1. The van der Waals surface area contributed by atoms with Crippen molar-refractivity contribution in [1.29, 1.82) is 0 Å². The Balaban J connectivity index is 1.87. The molecule has 2 atom stereocenters. The highest BCUT2D eigenvalue weighted by molar-refractivity contribution is 6.29. The Kier molecular flexibility index (Phi) is 7.82. The summed E-state index contributed by atoms with van der Waals surface area (Å²) in [5.41, 5.74) is 0.577. The molecule has 3 rings (SSSR count). The Hall–Kier alpha value is -3.13. The number of phenolic OH excluding ortho intramolecular Hbond substituents is 1. The number of Topliss-reactive ketones (excluding diaryl/α,β-unsaturated/α-hetero) is 1. The minimum atomic E-state index is -1.07. The van der Waals surface area contributed by atoms with Gasteiger partial charge in [0.25, 0.3) is 0 Å². The molecule has 0 spiro atoms. The molecule has 1 heterocycles. The lowest BCUT2D eigenvalue weighted by atomic mass is 9.85. The number of methoxy groups -OCH3 is 2. The van der Waals surface area contributed by atoms with Gasteiger partial charge in [0.2, 0.25) is 11.5 Å². The number of ether oxygens (including phenoxy) is 4. The number of benzene rings is 2. The van der Waals surface area contributed by atoms with Crippen LogP contribution >= 0.6 is 11.6 Å². The largest absolute Gasteiger partial charge is 0.504 e. The molecular formula is C25H29ClO8. The summed E-state index contributed by atoms with van der Waals surface area (Å²) in [5.74, 6) is -0.295. The van der Waals surface area contributed by atoms with Crippen molar-refractivity contribution in [3.8, 4) is 28.7 Å². The second kappa shape index (κ2) is 10.4. The zero-order chi connectivity index (χ0) is 25.0. The fraction of sp³-hybridized carbons (Fsp3) is 0.440. The first-order chi connectivity index (χ1) is 16.2. The number of rotatable bonds is 10. The van der Waals surface area contributed by atoms with Gasteiger partial charge in [-0.2, -0.15) is 0 Å². The van der Waals surface area contributed by atoms with Gasteiger partial charge in [0.05, 0.1) is 26.2 Å². The zero-order valence-electron chi connectivity index (χ0n) is 19.6. The Morgan fingerprint density at radius 3 is 2.35 bits per heavy atom. The second-order valence-electron chi connectivity index (χ2n) is 8.13. The summed E-state index contributed by atoms with van der Waals surface area (Å²) >= 11 is 5.81. The zero-order valence-corrected chi connectivity index (χ0v) is 20.4. The highest BCUT2D eigenvalue weighted by Crippen LogP contribution is 2.53. The molecule has 0 bridgehead atoms. The molecule has 0 saturated carbocycles. The predicted molar refractivity (Wildman–Crippen MR) is 126 cm³/mol. The molecule has 2 unspecified atom stereocenters. The average molecular weight is 493 g/mol. The van der Waals surface area contributed by atoms with E-state index in [2.05, 4.69) is 0 Å². The van der Waals surface area contributed by atoms with Crippen molar-refractivity contribution in [2.24, 2.45) is 0 Å². The summed E-state index contributed by atoms with van der Waals surface area (Å²) in [7, 11) is 2.84. The van der Waals surface area contributed by atoms with Gasteiger partial charge in [0.1, 0.15) is 23.3 Å². The van der Waals surface area contributed by atoms with Crippen molar-refractivity contribution < 1.29 is 38.7 Å². The van der Waals surface area contributed by atoms with Crippen molar-refractivity contribution in [3.63, 3.8) is 0 Å². The Morgan fingerprint density at radius 2 is 1.82 bits per heavy atom. The van der Waals surface area contributed by atoms with Crippen LogP contribution in [0.4, 0.5) is 0 Å². The molecule has 1 aliphatic rings. The van der Waals surface area contributed by atoms with E-state index in [4.69, 9.17) is 35.7 Å². The summed E-state index contributed by atoms with van der Waals surface area (Å²) in [6, 6.07) is 6.94. The van der Waals surface area contributed by atoms with Crippen LogP contribution in [0.15, 0.2) is 24.3 Å². The van der Waals surface area contributed by atoms with E-state index < -0.39 is 16.9 Å². The minimum Gasteiger partial charge on any atom is -0.504 e. The van der Waals surface area contributed by atoms with Crippen molar-refractivity contribution >= 4 is 23.4 Å². The van der Waals surface area contributed by atoms with Crippen LogP contribution in [-0.4, -0.2) is 53.8 Å². The van der Waals surface area contributed by atoms with Gasteiger partial charge in [-0.05, 0) is 37.0 Å². The lowest BCUT2D eigenvalue weighted by Crippen LogP contribution is -2.47. The average Bonchev–Trinajstić information content (AvgIpc) is 2.83. The van der Waals surface area contributed by atoms with E-state index in [-0.39, 0.29) is 48.2 Å². The molecule has 0 saturated heterocycles. The van der Waals surface area contributed by atoms with Gasteiger partial charge in [0, 0.05) is 5.56 Å². The number of hydrogen-bond donors (Lipinski definition) is 2. The number of halogens is 1. The Morgan fingerprint density at radius 1 is 1.18 bits per heavy atom. The maximum absolute atomic E-state index is 13.3. The van der Waals surface area contributed by atoms with Gasteiger partial charge in [0.15, 0.2) is 17.3 Å². The molecule has 9 heteroatoms. The molecule has 0 amide bonds. The van der Waals surface area contributed by atoms with Crippen molar-refractivity contribution in [2.75, 3.05) is 20.8 Å². The van der Waals surface area contributed by atoms with Crippen molar-refractivity contribution in [2.45, 2.75) is 50.5 Å². The number of carboxylic acid groups (broad SMARTS) is 1. The second-order valence-corrected chi connectivity index (χ2v) is 8.66. The highest BCUT2D eigenvalue weighted by Gasteiger charge is 2.44. The van der Waals surface area contributed by atoms with E-state index >= 15 is 0 Å².